The number of hydrogen-bond acceptors (Lipinski definition) is 5. The van der Waals surface area contributed by atoms with Gasteiger partial charge in [-0.3, -0.25) is 4.90 Å². The van der Waals surface area contributed by atoms with E-state index in [9.17, 15) is 0 Å². The summed E-state index contributed by atoms with van der Waals surface area (Å²) in [6, 6.07) is 2.70. The Morgan fingerprint density at radius 3 is 3.29 bits per heavy atom. The first-order valence-corrected chi connectivity index (χ1v) is 7.42. The van der Waals surface area contributed by atoms with E-state index in [4.69, 9.17) is 4.52 Å². The van der Waals surface area contributed by atoms with E-state index in [-0.39, 0.29) is 0 Å². The fourth-order valence-corrected chi connectivity index (χ4v) is 3.05. The average Bonchev–Trinajstić information content (AvgIpc) is 2.77. The van der Waals surface area contributed by atoms with Crippen molar-refractivity contribution in [2.24, 2.45) is 0 Å². The SMILES string of the molecule is CCNCc1cc(CN2CCSCC2C)on1. The summed E-state index contributed by atoms with van der Waals surface area (Å²) in [5, 5.41) is 7.33. The quantitative estimate of drug-likeness (QED) is 0.867. The van der Waals surface area contributed by atoms with Gasteiger partial charge in [0.1, 0.15) is 0 Å². The van der Waals surface area contributed by atoms with Crippen LogP contribution in [-0.2, 0) is 13.1 Å². The first-order chi connectivity index (χ1) is 8.29. The molecule has 17 heavy (non-hydrogen) atoms. The van der Waals surface area contributed by atoms with Gasteiger partial charge in [0.2, 0.25) is 0 Å². The van der Waals surface area contributed by atoms with E-state index < -0.39 is 0 Å². The third-order valence-electron chi connectivity index (χ3n) is 3.03. The van der Waals surface area contributed by atoms with Crippen LogP contribution in [0.4, 0.5) is 0 Å². The van der Waals surface area contributed by atoms with E-state index >= 15 is 0 Å². The summed E-state index contributed by atoms with van der Waals surface area (Å²) in [4.78, 5) is 2.47. The van der Waals surface area contributed by atoms with Crippen molar-refractivity contribution in [2.75, 3.05) is 24.6 Å². The van der Waals surface area contributed by atoms with Gasteiger partial charge in [0.15, 0.2) is 5.76 Å². The molecular weight excluding hydrogens is 234 g/mol. The van der Waals surface area contributed by atoms with Crippen LogP contribution in [0.3, 0.4) is 0 Å². The van der Waals surface area contributed by atoms with Gasteiger partial charge in [-0.2, -0.15) is 11.8 Å². The summed E-state index contributed by atoms with van der Waals surface area (Å²) in [7, 11) is 0. The number of aromatic nitrogens is 1. The highest BCUT2D eigenvalue weighted by atomic mass is 32.2. The molecule has 2 heterocycles. The molecule has 1 saturated heterocycles. The molecule has 1 aliphatic rings. The molecule has 96 valence electrons. The third-order valence-corrected chi connectivity index (χ3v) is 4.22. The van der Waals surface area contributed by atoms with Gasteiger partial charge in [0, 0.05) is 36.7 Å². The Morgan fingerprint density at radius 2 is 2.53 bits per heavy atom. The van der Waals surface area contributed by atoms with Crippen LogP contribution < -0.4 is 5.32 Å². The second kappa shape index (κ2) is 6.42. The lowest BCUT2D eigenvalue weighted by molar-refractivity contribution is 0.197. The smallest absolute Gasteiger partial charge is 0.151 e. The molecule has 1 aromatic rings. The lowest BCUT2D eigenvalue weighted by atomic mass is 10.2. The maximum atomic E-state index is 5.37. The van der Waals surface area contributed by atoms with Gasteiger partial charge in [-0.05, 0) is 13.5 Å². The van der Waals surface area contributed by atoms with Gasteiger partial charge in [-0.15, -0.1) is 0 Å². The second-order valence-corrected chi connectivity index (χ2v) is 5.61. The first-order valence-electron chi connectivity index (χ1n) is 6.26. The predicted molar refractivity (Wildman–Crippen MR) is 71.1 cm³/mol. The van der Waals surface area contributed by atoms with Crippen molar-refractivity contribution in [2.45, 2.75) is 33.0 Å². The van der Waals surface area contributed by atoms with E-state index in [2.05, 4.69) is 35.3 Å². The molecule has 1 N–H and O–H groups in total. The fraction of sp³-hybridized carbons (Fsp3) is 0.750. The van der Waals surface area contributed by atoms with Crippen molar-refractivity contribution in [3.05, 3.63) is 17.5 Å². The van der Waals surface area contributed by atoms with E-state index in [1.807, 2.05) is 11.8 Å². The van der Waals surface area contributed by atoms with Crippen LogP contribution in [0, 0.1) is 0 Å². The molecule has 1 aromatic heterocycles. The Balaban J connectivity index is 1.87. The largest absolute Gasteiger partial charge is 0.360 e. The summed E-state index contributed by atoms with van der Waals surface area (Å²) in [6.07, 6.45) is 0. The average molecular weight is 255 g/mol. The number of rotatable bonds is 5. The van der Waals surface area contributed by atoms with Crippen molar-refractivity contribution in [3.8, 4) is 0 Å². The van der Waals surface area contributed by atoms with Gasteiger partial charge in [0.25, 0.3) is 0 Å². The lowest BCUT2D eigenvalue weighted by Gasteiger charge is -2.31. The Labute approximate surface area is 107 Å². The van der Waals surface area contributed by atoms with E-state index in [0.717, 1.165) is 37.6 Å². The van der Waals surface area contributed by atoms with E-state index in [0.29, 0.717) is 6.04 Å². The minimum atomic E-state index is 0.635. The van der Waals surface area contributed by atoms with Crippen LogP contribution >= 0.6 is 11.8 Å². The van der Waals surface area contributed by atoms with E-state index in [1.54, 1.807) is 0 Å². The number of nitrogens with one attached hydrogen (secondary N) is 1. The molecule has 0 bridgehead atoms. The molecule has 0 radical (unpaired) electrons. The Kier molecular flexibility index (Phi) is 4.88. The minimum Gasteiger partial charge on any atom is -0.360 e. The van der Waals surface area contributed by atoms with E-state index in [1.165, 1.54) is 11.5 Å². The van der Waals surface area contributed by atoms with Gasteiger partial charge < -0.3 is 9.84 Å². The summed E-state index contributed by atoms with van der Waals surface area (Å²) in [5.74, 6) is 3.43. The van der Waals surface area contributed by atoms with Crippen LogP contribution in [-0.4, -0.2) is 40.7 Å². The van der Waals surface area contributed by atoms with Gasteiger partial charge in [-0.25, -0.2) is 0 Å². The highest BCUT2D eigenvalue weighted by Gasteiger charge is 2.20. The summed E-state index contributed by atoms with van der Waals surface area (Å²) >= 11 is 2.04. The molecule has 2 rings (SSSR count). The third kappa shape index (κ3) is 3.72. The molecule has 0 aromatic carbocycles. The molecule has 0 aliphatic carbocycles. The molecule has 1 aliphatic heterocycles. The summed E-state index contributed by atoms with van der Waals surface area (Å²) in [6.45, 7) is 8.17. The van der Waals surface area contributed by atoms with Gasteiger partial charge in [-0.1, -0.05) is 12.1 Å². The normalized spacial score (nSPS) is 21.9. The van der Waals surface area contributed by atoms with Crippen molar-refractivity contribution >= 4 is 11.8 Å². The molecule has 0 saturated carbocycles. The van der Waals surface area contributed by atoms with Crippen LogP contribution in [0.2, 0.25) is 0 Å². The predicted octanol–water partition coefficient (Wildman–Crippen LogP) is 1.72. The number of nitrogens with zero attached hydrogens (tertiary/aromatic N) is 2. The number of thioether (sulfide) groups is 1. The Bertz CT molecular complexity index is 342. The second-order valence-electron chi connectivity index (χ2n) is 4.46. The van der Waals surface area contributed by atoms with Crippen LogP contribution in [0.5, 0.6) is 0 Å². The zero-order chi connectivity index (χ0) is 12.1. The van der Waals surface area contributed by atoms with Gasteiger partial charge in [0.05, 0.1) is 12.2 Å². The molecular formula is C12H21N3OS. The highest BCUT2D eigenvalue weighted by Crippen LogP contribution is 2.18. The lowest BCUT2D eigenvalue weighted by Crippen LogP contribution is -2.39. The highest BCUT2D eigenvalue weighted by molar-refractivity contribution is 7.99. The van der Waals surface area contributed by atoms with Crippen LogP contribution in [0.25, 0.3) is 0 Å². The van der Waals surface area contributed by atoms with Crippen LogP contribution in [0.1, 0.15) is 25.3 Å². The molecule has 1 fully saturated rings. The summed E-state index contributed by atoms with van der Waals surface area (Å²) < 4.78 is 5.37. The van der Waals surface area contributed by atoms with Crippen molar-refractivity contribution < 1.29 is 4.52 Å². The minimum absolute atomic E-state index is 0.635. The van der Waals surface area contributed by atoms with Gasteiger partial charge >= 0.3 is 0 Å². The first kappa shape index (κ1) is 12.9. The molecule has 4 nitrogen and oxygen atoms in total. The molecule has 1 atom stereocenters. The maximum Gasteiger partial charge on any atom is 0.151 e. The molecule has 0 spiro atoms. The zero-order valence-electron chi connectivity index (χ0n) is 10.6. The topological polar surface area (TPSA) is 41.3 Å². The molecule has 1 unspecified atom stereocenters. The number of hydrogen-bond donors (Lipinski definition) is 1. The standard InChI is InChI=1S/C12H21N3OS/c1-3-13-7-11-6-12(16-14-11)8-15-4-5-17-9-10(15)2/h6,10,13H,3-5,7-9H2,1-2H3. The monoisotopic (exact) mass is 255 g/mol. The maximum absolute atomic E-state index is 5.37. The van der Waals surface area contributed by atoms with Crippen molar-refractivity contribution in [3.63, 3.8) is 0 Å². The molecule has 0 amide bonds. The van der Waals surface area contributed by atoms with Crippen molar-refractivity contribution in [1.29, 1.82) is 0 Å². The Hall–Kier alpha value is -0.520. The zero-order valence-corrected chi connectivity index (χ0v) is 11.4. The van der Waals surface area contributed by atoms with Crippen molar-refractivity contribution in [1.82, 2.24) is 15.4 Å². The summed E-state index contributed by atoms with van der Waals surface area (Å²) in [5.41, 5.74) is 1.00. The molecule has 5 heteroatoms. The Morgan fingerprint density at radius 1 is 1.65 bits per heavy atom. The fourth-order valence-electron chi connectivity index (χ4n) is 1.96. The van der Waals surface area contributed by atoms with Crippen LogP contribution in [0.15, 0.2) is 10.6 Å².